The van der Waals surface area contributed by atoms with E-state index in [1.807, 2.05) is 13.8 Å². The lowest BCUT2D eigenvalue weighted by Crippen LogP contribution is -2.30. The lowest BCUT2D eigenvalue weighted by Gasteiger charge is -2.20. The summed E-state index contributed by atoms with van der Waals surface area (Å²) in [5, 5.41) is 9.30. The fourth-order valence-corrected chi connectivity index (χ4v) is 0.746. The average Bonchev–Trinajstić information content (AvgIpc) is 1.81. The second-order valence-electron chi connectivity index (χ2n) is 4.22. The summed E-state index contributed by atoms with van der Waals surface area (Å²) in [4.78, 5) is 11.2. The lowest BCUT2D eigenvalue weighted by molar-refractivity contribution is -0.162. The summed E-state index contributed by atoms with van der Waals surface area (Å²) in [5.74, 6) is -0.603. The van der Waals surface area contributed by atoms with E-state index in [0.717, 1.165) is 5.57 Å². The summed E-state index contributed by atoms with van der Waals surface area (Å²) in [5.41, 5.74) is 0.339. The van der Waals surface area contributed by atoms with Crippen molar-refractivity contribution in [3.8, 4) is 0 Å². The van der Waals surface area contributed by atoms with Gasteiger partial charge in [0.2, 0.25) is 0 Å². The number of carbonyl (C=O) groups excluding carboxylic acids is 1. The van der Waals surface area contributed by atoms with Gasteiger partial charge in [-0.05, 0) is 40.7 Å². The molecule has 76 valence electrons. The molecule has 0 aliphatic rings. The van der Waals surface area contributed by atoms with Crippen LogP contribution in [0.1, 0.15) is 34.6 Å². The molecule has 0 aliphatic carbocycles. The Kier molecular flexibility index (Phi) is 4.14. The Balaban J connectivity index is 4.21. The molecule has 0 spiro atoms. The zero-order valence-electron chi connectivity index (χ0n) is 8.92. The van der Waals surface area contributed by atoms with Gasteiger partial charge in [-0.25, -0.2) is 4.79 Å². The fourth-order valence-electron chi connectivity index (χ4n) is 0.746. The van der Waals surface area contributed by atoms with E-state index in [1.165, 1.54) is 6.08 Å². The number of rotatable bonds is 2. The van der Waals surface area contributed by atoms with E-state index >= 15 is 0 Å². The van der Waals surface area contributed by atoms with Crippen LogP contribution in [0.3, 0.4) is 0 Å². The minimum atomic E-state index is -1.15. The van der Waals surface area contributed by atoms with Crippen LogP contribution in [0.5, 0.6) is 0 Å². The number of esters is 1. The van der Waals surface area contributed by atoms with E-state index in [9.17, 15) is 9.90 Å². The maximum Gasteiger partial charge on any atom is 0.339 e. The average molecular weight is 186 g/mol. The number of hydrogen-bond donors (Lipinski definition) is 1. The quantitative estimate of drug-likeness (QED) is 0.527. The van der Waals surface area contributed by atoms with E-state index < -0.39 is 17.7 Å². The van der Waals surface area contributed by atoms with E-state index in [2.05, 4.69) is 0 Å². The first-order valence-electron chi connectivity index (χ1n) is 4.28. The maximum absolute atomic E-state index is 11.2. The van der Waals surface area contributed by atoms with Crippen LogP contribution in [-0.4, -0.2) is 22.8 Å². The third kappa shape index (κ3) is 6.34. The number of aliphatic hydroxyl groups excluding tert-OH is 1. The highest BCUT2D eigenvalue weighted by molar-refractivity contribution is 5.77. The Labute approximate surface area is 79.4 Å². The van der Waals surface area contributed by atoms with E-state index in [-0.39, 0.29) is 0 Å². The minimum Gasteiger partial charge on any atom is -0.458 e. The van der Waals surface area contributed by atoms with Crippen molar-refractivity contribution in [1.29, 1.82) is 0 Å². The second-order valence-corrected chi connectivity index (χ2v) is 4.22. The molecule has 13 heavy (non-hydrogen) atoms. The van der Waals surface area contributed by atoms with Crippen LogP contribution >= 0.6 is 0 Å². The van der Waals surface area contributed by atoms with Crippen molar-refractivity contribution in [3.63, 3.8) is 0 Å². The third-order valence-electron chi connectivity index (χ3n) is 1.14. The molecule has 0 amide bonds. The summed E-state index contributed by atoms with van der Waals surface area (Å²) in [6.07, 6.45) is 0.317. The van der Waals surface area contributed by atoms with Gasteiger partial charge in [0.05, 0.1) is 0 Å². The van der Waals surface area contributed by atoms with Gasteiger partial charge >= 0.3 is 5.97 Å². The maximum atomic E-state index is 11.2. The molecule has 0 radical (unpaired) electrons. The molecule has 3 nitrogen and oxygen atoms in total. The molecule has 1 atom stereocenters. The van der Waals surface area contributed by atoms with Gasteiger partial charge in [0.25, 0.3) is 0 Å². The molecule has 0 aromatic carbocycles. The third-order valence-corrected chi connectivity index (χ3v) is 1.14. The Morgan fingerprint density at radius 2 is 1.85 bits per heavy atom. The van der Waals surface area contributed by atoms with Crippen LogP contribution in [-0.2, 0) is 9.53 Å². The molecule has 0 heterocycles. The Hall–Kier alpha value is -0.830. The molecule has 0 rings (SSSR count). The first-order chi connectivity index (χ1) is 5.72. The van der Waals surface area contributed by atoms with Crippen LogP contribution in [0.15, 0.2) is 11.6 Å². The minimum absolute atomic E-state index is 0.548. The molecule has 1 N–H and O–H groups in total. The monoisotopic (exact) mass is 186 g/mol. The Morgan fingerprint density at radius 3 is 2.15 bits per heavy atom. The summed E-state index contributed by atoms with van der Waals surface area (Å²) in [7, 11) is 0. The second kappa shape index (κ2) is 4.42. The molecular weight excluding hydrogens is 168 g/mol. The van der Waals surface area contributed by atoms with E-state index in [0.29, 0.717) is 0 Å². The largest absolute Gasteiger partial charge is 0.458 e. The number of aliphatic hydroxyl groups is 1. The lowest BCUT2D eigenvalue weighted by atomic mass is 10.2. The van der Waals surface area contributed by atoms with Gasteiger partial charge in [-0.15, -0.1) is 0 Å². The van der Waals surface area contributed by atoms with Crippen LogP contribution in [0.4, 0.5) is 0 Å². The smallest absolute Gasteiger partial charge is 0.339 e. The zero-order valence-corrected chi connectivity index (χ0v) is 8.92. The predicted octanol–water partition coefficient (Wildman–Crippen LogP) is 1.66. The highest BCUT2D eigenvalue weighted by Gasteiger charge is 2.21. The summed E-state index contributed by atoms with van der Waals surface area (Å²) < 4.78 is 4.97. The van der Waals surface area contributed by atoms with Gasteiger partial charge in [-0.2, -0.15) is 0 Å². The summed E-state index contributed by atoms with van der Waals surface area (Å²) in [6, 6.07) is 0. The van der Waals surface area contributed by atoms with E-state index in [1.54, 1.807) is 20.8 Å². The van der Waals surface area contributed by atoms with Crippen molar-refractivity contribution in [3.05, 3.63) is 11.6 Å². The van der Waals surface area contributed by atoms with E-state index in [4.69, 9.17) is 4.74 Å². The fraction of sp³-hybridized carbons (Fsp3) is 0.700. The van der Waals surface area contributed by atoms with Gasteiger partial charge in [0, 0.05) is 0 Å². The van der Waals surface area contributed by atoms with Gasteiger partial charge in [-0.3, -0.25) is 0 Å². The van der Waals surface area contributed by atoms with Crippen LogP contribution in [0, 0.1) is 0 Å². The molecular formula is C10H18O3. The van der Waals surface area contributed by atoms with Gasteiger partial charge in [0.1, 0.15) is 5.60 Å². The SMILES string of the molecule is CC(C)=CC(O)C(=O)OC(C)(C)C. The summed E-state index contributed by atoms with van der Waals surface area (Å²) >= 11 is 0. The topological polar surface area (TPSA) is 46.5 Å². The van der Waals surface area contributed by atoms with Crippen molar-refractivity contribution in [2.45, 2.75) is 46.3 Å². The Bertz CT molecular complexity index is 207. The van der Waals surface area contributed by atoms with Gasteiger partial charge in [0.15, 0.2) is 6.10 Å². The molecule has 1 unspecified atom stereocenters. The molecule has 0 aliphatic heterocycles. The molecule has 0 saturated heterocycles. The first kappa shape index (κ1) is 12.2. The van der Waals surface area contributed by atoms with Crippen LogP contribution in [0.25, 0.3) is 0 Å². The number of carbonyl (C=O) groups is 1. The number of ether oxygens (including phenoxy) is 1. The van der Waals surface area contributed by atoms with Crippen molar-refractivity contribution >= 4 is 5.97 Å². The number of allylic oxidation sites excluding steroid dienone is 1. The standard InChI is InChI=1S/C10H18O3/c1-7(2)6-8(11)9(12)13-10(3,4)5/h6,8,11H,1-5H3. The normalized spacial score (nSPS) is 13.4. The molecule has 0 bridgehead atoms. The van der Waals surface area contributed by atoms with Crippen LogP contribution in [0.2, 0.25) is 0 Å². The van der Waals surface area contributed by atoms with Crippen molar-refractivity contribution in [2.75, 3.05) is 0 Å². The molecule has 0 fully saturated rings. The van der Waals surface area contributed by atoms with Crippen molar-refractivity contribution < 1.29 is 14.6 Å². The van der Waals surface area contributed by atoms with Crippen LogP contribution < -0.4 is 0 Å². The zero-order chi connectivity index (χ0) is 10.6. The summed E-state index contributed by atoms with van der Waals surface area (Å²) in [6.45, 7) is 8.92. The number of hydrogen-bond acceptors (Lipinski definition) is 3. The first-order valence-corrected chi connectivity index (χ1v) is 4.28. The van der Waals surface area contributed by atoms with Gasteiger partial charge < -0.3 is 9.84 Å². The molecule has 0 aromatic heterocycles. The molecule has 0 saturated carbocycles. The van der Waals surface area contributed by atoms with Crippen molar-refractivity contribution in [1.82, 2.24) is 0 Å². The highest BCUT2D eigenvalue weighted by Crippen LogP contribution is 2.09. The predicted molar refractivity (Wildman–Crippen MR) is 51.3 cm³/mol. The highest BCUT2D eigenvalue weighted by atomic mass is 16.6. The molecule has 0 aromatic rings. The molecule has 3 heteroatoms. The Morgan fingerprint density at radius 1 is 1.38 bits per heavy atom. The van der Waals surface area contributed by atoms with Gasteiger partial charge in [-0.1, -0.05) is 5.57 Å². The van der Waals surface area contributed by atoms with Crippen molar-refractivity contribution in [2.24, 2.45) is 0 Å².